The van der Waals surface area contributed by atoms with Crippen molar-refractivity contribution < 1.29 is 0 Å². The summed E-state index contributed by atoms with van der Waals surface area (Å²) in [5.41, 5.74) is 0. The van der Waals surface area contributed by atoms with Crippen LogP contribution in [0.4, 0.5) is 0 Å². The first-order valence-electron chi connectivity index (χ1n) is 4.93. The summed E-state index contributed by atoms with van der Waals surface area (Å²) in [5, 5.41) is 0. The van der Waals surface area contributed by atoms with Crippen LogP contribution >= 0.6 is 0 Å². The van der Waals surface area contributed by atoms with Crippen LogP contribution in [0.15, 0.2) is 0 Å². The lowest BCUT2D eigenvalue weighted by Gasteiger charge is -2.39. The van der Waals surface area contributed by atoms with Gasteiger partial charge in [0.15, 0.2) is 0 Å². The average Bonchev–Trinajstić information content (AvgIpc) is 2.02. The first kappa shape index (κ1) is 12.1. The third-order valence-corrected chi connectivity index (χ3v) is 89.2. The zero-order valence-corrected chi connectivity index (χ0v) is 15.4. The smallest absolute Gasteiger partial charge is 0.0230 e. The van der Waals surface area contributed by atoms with E-state index in [1.807, 2.05) is 0 Å². The van der Waals surface area contributed by atoms with Crippen LogP contribution in [0, 0.1) is 0 Å². The molecule has 0 aromatic rings. The van der Waals surface area contributed by atoms with Crippen LogP contribution in [0.2, 0.25) is 39.3 Å². The molecule has 0 amide bonds. The fourth-order valence-corrected chi connectivity index (χ4v) is 71.1. The Labute approximate surface area is 80.2 Å². The molecule has 0 aliphatic carbocycles. The maximum atomic E-state index is 2.77. The van der Waals surface area contributed by atoms with Gasteiger partial charge in [-0.25, -0.2) is 0 Å². The van der Waals surface area contributed by atoms with E-state index in [-0.39, 0.29) is 0 Å². The van der Waals surface area contributed by atoms with E-state index in [2.05, 4.69) is 39.3 Å². The van der Waals surface area contributed by atoms with Crippen molar-refractivity contribution in [2.24, 2.45) is 0 Å². The molecule has 0 atom stereocenters. The molecule has 0 rings (SSSR count). The molecule has 0 aromatic heterocycles. The minimum absolute atomic E-state index is 0.386. The molecule has 0 saturated heterocycles. The van der Waals surface area contributed by atoms with Gasteiger partial charge in [-0.15, -0.1) is 0 Å². The Bertz CT molecular complexity index is 118. The first-order valence-corrected chi connectivity index (χ1v) is 22.7. The number of rotatable bonds is 4. The zero-order valence-electron chi connectivity index (χ0n) is 9.12. The van der Waals surface area contributed by atoms with Gasteiger partial charge in [-0.2, -0.15) is 0 Å². The predicted octanol–water partition coefficient (Wildman–Crippen LogP) is -0.00740. The molecule has 0 heterocycles. The van der Waals surface area contributed by atoms with E-state index in [9.17, 15) is 0 Å². The second-order valence-corrected chi connectivity index (χ2v) is 51.6. The van der Waals surface area contributed by atoms with Gasteiger partial charge in [0, 0.05) is 40.8 Å². The normalized spacial score (nSPS) is 21.3. The molecule has 0 spiro atoms. The van der Waals surface area contributed by atoms with Crippen LogP contribution in [0.25, 0.3) is 0 Å². The van der Waals surface area contributed by atoms with Crippen molar-refractivity contribution in [3.05, 3.63) is 0 Å². The molecular weight excluding hydrogens is 212 g/mol. The summed E-state index contributed by atoms with van der Waals surface area (Å²) in [7, 11) is 0.683. The highest BCUT2D eigenvalue weighted by molar-refractivity contribution is 7.85. The molecule has 0 unspecified atom stereocenters. The van der Waals surface area contributed by atoms with E-state index in [0.29, 0.717) is 27.1 Å². The fraction of sp³-hybridized carbons (Fsp3) is 1.00. The average molecular weight is 237 g/mol. The van der Waals surface area contributed by atoms with Gasteiger partial charge in [0.05, 0.1) is 0 Å². The summed E-state index contributed by atoms with van der Waals surface area (Å²) in [4.78, 5) is 0. The Morgan fingerprint density at radius 3 is 1.18 bits per heavy atom. The molecular formula is C6H24Si5. The molecule has 68 valence electrons. The quantitative estimate of drug-likeness (QED) is 0.603. The third-order valence-electron chi connectivity index (χ3n) is 4.08. The van der Waals surface area contributed by atoms with E-state index in [1.165, 1.54) is 0 Å². The summed E-state index contributed by atoms with van der Waals surface area (Å²) < 4.78 is 0. The van der Waals surface area contributed by atoms with Crippen LogP contribution in [0.1, 0.15) is 0 Å². The SMILES string of the molecule is C[SiH2][Si](C)(C)[Si](C)([SiH2]C)[SiH2]C. The van der Waals surface area contributed by atoms with Crippen molar-refractivity contribution in [1.82, 2.24) is 0 Å². The molecule has 0 aliphatic rings. The molecule has 0 aliphatic heterocycles. The van der Waals surface area contributed by atoms with Crippen molar-refractivity contribution in [2.45, 2.75) is 39.3 Å². The second-order valence-electron chi connectivity index (χ2n) is 4.51. The lowest BCUT2D eigenvalue weighted by molar-refractivity contribution is 1.97. The summed E-state index contributed by atoms with van der Waals surface area (Å²) in [6, 6.07) is 0. The molecule has 0 aromatic carbocycles. The minimum Gasteiger partial charge on any atom is -0.0770 e. The van der Waals surface area contributed by atoms with Crippen molar-refractivity contribution in [3.8, 4) is 0 Å². The highest BCUT2D eigenvalue weighted by atomic mass is 30.0. The highest BCUT2D eigenvalue weighted by Gasteiger charge is 2.39. The Hall–Kier alpha value is 1.08. The van der Waals surface area contributed by atoms with Crippen LogP contribution in [0.5, 0.6) is 0 Å². The summed E-state index contributed by atoms with van der Waals surface area (Å²) >= 11 is 0. The van der Waals surface area contributed by atoms with Crippen LogP contribution in [-0.2, 0) is 0 Å². The van der Waals surface area contributed by atoms with Crippen molar-refractivity contribution in [3.63, 3.8) is 0 Å². The van der Waals surface area contributed by atoms with Crippen molar-refractivity contribution in [1.29, 1.82) is 0 Å². The van der Waals surface area contributed by atoms with E-state index in [0.717, 1.165) is 0 Å². The molecule has 0 bridgehead atoms. The van der Waals surface area contributed by atoms with E-state index < -0.39 is 13.7 Å². The van der Waals surface area contributed by atoms with Crippen molar-refractivity contribution >= 4 is 40.8 Å². The fourth-order valence-electron chi connectivity index (χ4n) is 1.63. The third kappa shape index (κ3) is 2.51. The Morgan fingerprint density at radius 1 is 0.727 bits per heavy atom. The second kappa shape index (κ2) is 4.36. The highest BCUT2D eigenvalue weighted by Crippen LogP contribution is 2.15. The first-order chi connectivity index (χ1) is 4.93. The summed E-state index contributed by atoms with van der Waals surface area (Å²) in [6.45, 7) is 15.5. The minimum atomic E-state index is -0.530. The maximum Gasteiger partial charge on any atom is 0.0230 e. The van der Waals surface area contributed by atoms with Crippen molar-refractivity contribution in [2.75, 3.05) is 0 Å². The predicted molar refractivity (Wildman–Crippen MR) is 72.3 cm³/mol. The van der Waals surface area contributed by atoms with E-state index in [4.69, 9.17) is 0 Å². The number of hydrogen-bond acceptors (Lipinski definition) is 0. The maximum absolute atomic E-state index is 2.77. The van der Waals surface area contributed by atoms with Gasteiger partial charge in [-0.3, -0.25) is 0 Å². The summed E-state index contributed by atoms with van der Waals surface area (Å²) in [6.07, 6.45) is 0. The van der Waals surface area contributed by atoms with Gasteiger partial charge < -0.3 is 0 Å². The number of hydrogen-bond donors (Lipinski definition) is 0. The molecule has 5 heteroatoms. The molecule has 0 fully saturated rings. The lowest BCUT2D eigenvalue weighted by Crippen LogP contribution is -2.67. The topological polar surface area (TPSA) is 0 Å². The van der Waals surface area contributed by atoms with Crippen LogP contribution < -0.4 is 0 Å². The summed E-state index contributed by atoms with van der Waals surface area (Å²) in [5.74, 6) is 0. The Morgan fingerprint density at radius 2 is 1.09 bits per heavy atom. The lowest BCUT2D eigenvalue weighted by atomic mass is 11.9. The molecule has 0 N–H and O–H groups in total. The van der Waals surface area contributed by atoms with E-state index in [1.54, 1.807) is 0 Å². The Kier molecular flexibility index (Phi) is 4.79. The largest absolute Gasteiger partial charge is 0.0770 e. The van der Waals surface area contributed by atoms with Gasteiger partial charge >= 0.3 is 0 Å². The molecule has 0 radical (unpaired) electrons. The van der Waals surface area contributed by atoms with Gasteiger partial charge in [0.25, 0.3) is 0 Å². The van der Waals surface area contributed by atoms with Gasteiger partial charge in [0.2, 0.25) is 0 Å². The van der Waals surface area contributed by atoms with Gasteiger partial charge in [-0.1, -0.05) is 39.3 Å². The van der Waals surface area contributed by atoms with E-state index >= 15 is 0 Å². The monoisotopic (exact) mass is 236 g/mol. The van der Waals surface area contributed by atoms with Gasteiger partial charge in [0.1, 0.15) is 0 Å². The van der Waals surface area contributed by atoms with Crippen LogP contribution in [0.3, 0.4) is 0 Å². The van der Waals surface area contributed by atoms with Crippen LogP contribution in [-0.4, -0.2) is 40.8 Å². The van der Waals surface area contributed by atoms with Gasteiger partial charge in [-0.05, 0) is 0 Å². The molecule has 0 nitrogen and oxygen atoms in total. The molecule has 0 saturated carbocycles. The Balaban J connectivity index is 4.47. The molecule has 11 heavy (non-hydrogen) atoms. The standard InChI is InChI=1S/C6H24Si5/c1-7-10(4,5)11(6,8-2)9-3/h7-9H2,1-6H3. The zero-order chi connectivity index (χ0) is 9.12.